The molecule has 1 saturated carbocycles. The third-order valence-electron chi connectivity index (χ3n) is 4.96. The van der Waals surface area contributed by atoms with Crippen LogP contribution in [0.4, 0.5) is 0 Å². The van der Waals surface area contributed by atoms with Crippen molar-refractivity contribution in [1.29, 1.82) is 0 Å². The summed E-state index contributed by atoms with van der Waals surface area (Å²) in [7, 11) is 0. The Morgan fingerprint density at radius 1 is 1.28 bits per heavy atom. The Kier molecular flexibility index (Phi) is 5.32. The van der Waals surface area contributed by atoms with Crippen molar-refractivity contribution in [1.82, 2.24) is 34.8 Å². The van der Waals surface area contributed by atoms with Crippen molar-refractivity contribution in [3.63, 3.8) is 0 Å². The normalized spacial score (nSPS) is 14.5. The molecule has 0 aliphatic heterocycles. The molecule has 0 saturated heterocycles. The minimum atomic E-state index is -1.05. The van der Waals surface area contributed by atoms with Crippen LogP contribution in [-0.4, -0.2) is 53.1 Å². The largest absolute Gasteiger partial charge is 0.478 e. The third kappa shape index (κ3) is 4.65. The van der Waals surface area contributed by atoms with E-state index in [0.717, 1.165) is 12.8 Å². The summed E-state index contributed by atoms with van der Waals surface area (Å²) in [6, 6.07) is 1.48. The Morgan fingerprint density at radius 2 is 2.14 bits per heavy atom. The maximum Gasteiger partial charge on any atom is 0.337 e. The molecule has 10 heteroatoms. The molecule has 0 radical (unpaired) electrons. The molecule has 1 amide bonds. The number of hydrogen-bond acceptors (Lipinski definition) is 6. The predicted octanol–water partition coefficient (Wildman–Crippen LogP) is 0.942. The number of nitrogens with zero attached hydrogens (tertiary/aromatic N) is 6. The monoisotopic (exact) mass is 395 g/mol. The van der Waals surface area contributed by atoms with E-state index in [0.29, 0.717) is 36.8 Å². The highest BCUT2D eigenvalue weighted by Gasteiger charge is 2.36. The zero-order chi connectivity index (χ0) is 20.2. The first-order chi connectivity index (χ1) is 14.1. The van der Waals surface area contributed by atoms with Crippen LogP contribution >= 0.6 is 0 Å². The molecular weight excluding hydrogens is 374 g/mol. The molecule has 1 atom stereocenters. The van der Waals surface area contributed by atoms with E-state index in [1.807, 2.05) is 10.8 Å². The first-order valence-corrected chi connectivity index (χ1v) is 9.43. The Bertz CT molecular complexity index is 995. The quantitative estimate of drug-likeness (QED) is 0.552. The van der Waals surface area contributed by atoms with E-state index in [1.165, 1.54) is 23.1 Å². The highest BCUT2D eigenvalue weighted by Crippen LogP contribution is 2.38. The molecule has 3 aromatic rings. The van der Waals surface area contributed by atoms with Crippen LogP contribution in [0.3, 0.4) is 0 Å². The number of carboxylic acid groups (broad SMARTS) is 1. The molecule has 0 spiro atoms. The molecule has 4 rings (SSSR count). The minimum absolute atomic E-state index is 0.0247. The summed E-state index contributed by atoms with van der Waals surface area (Å²) >= 11 is 0. The van der Waals surface area contributed by atoms with Crippen molar-refractivity contribution in [3.05, 3.63) is 54.6 Å². The number of carbonyl (C=O) groups excluding carboxylic acids is 1. The highest BCUT2D eigenvalue weighted by atomic mass is 16.4. The summed E-state index contributed by atoms with van der Waals surface area (Å²) in [5.41, 5.74) is 1.27. The van der Waals surface area contributed by atoms with Gasteiger partial charge in [0.25, 0.3) is 0 Å². The number of aromatic nitrogens is 6. The zero-order valence-electron chi connectivity index (χ0n) is 15.7. The van der Waals surface area contributed by atoms with Crippen molar-refractivity contribution >= 4 is 11.9 Å². The van der Waals surface area contributed by atoms with Gasteiger partial charge in [0.05, 0.1) is 35.7 Å². The molecule has 0 bridgehead atoms. The van der Waals surface area contributed by atoms with Crippen LogP contribution in [-0.2, 0) is 17.8 Å². The van der Waals surface area contributed by atoms with Crippen molar-refractivity contribution in [2.45, 2.75) is 25.8 Å². The van der Waals surface area contributed by atoms with Gasteiger partial charge < -0.3 is 15.0 Å². The van der Waals surface area contributed by atoms with Crippen LogP contribution in [0.2, 0.25) is 0 Å². The summed E-state index contributed by atoms with van der Waals surface area (Å²) in [5, 5.41) is 20.3. The van der Waals surface area contributed by atoms with Gasteiger partial charge in [-0.2, -0.15) is 0 Å². The van der Waals surface area contributed by atoms with Crippen molar-refractivity contribution < 1.29 is 14.7 Å². The number of carboxylic acids is 1. The fourth-order valence-corrected chi connectivity index (χ4v) is 3.24. The van der Waals surface area contributed by atoms with Gasteiger partial charge in [-0.1, -0.05) is 5.21 Å². The molecule has 10 nitrogen and oxygen atoms in total. The molecule has 150 valence electrons. The predicted molar refractivity (Wildman–Crippen MR) is 101 cm³/mol. The van der Waals surface area contributed by atoms with Gasteiger partial charge in [0, 0.05) is 44.0 Å². The Balaban J connectivity index is 1.39. The summed E-state index contributed by atoms with van der Waals surface area (Å²) in [6.45, 7) is 1.21. The average Bonchev–Trinajstić information content (AvgIpc) is 3.22. The molecule has 1 aliphatic carbocycles. The number of pyridine rings is 1. The average molecular weight is 395 g/mol. The van der Waals surface area contributed by atoms with E-state index >= 15 is 0 Å². The zero-order valence-corrected chi connectivity index (χ0v) is 15.7. The molecule has 3 aromatic heterocycles. The molecule has 3 heterocycles. The number of imidazole rings is 1. The van der Waals surface area contributed by atoms with Gasteiger partial charge in [-0.25, -0.2) is 14.5 Å². The number of nitrogens with one attached hydrogen (secondary N) is 1. The first-order valence-electron chi connectivity index (χ1n) is 9.43. The summed E-state index contributed by atoms with van der Waals surface area (Å²) in [5.74, 6) is -0.811. The number of amides is 1. The Labute approximate surface area is 166 Å². The highest BCUT2D eigenvalue weighted by molar-refractivity contribution is 5.87. The van der Waals surface area contributed by atoms with Gasteiger partial charge in [0.1, 0.15) is 0 Å². The SMILES string of the molecule is O=C(O)c1cncc(-n2cc(CC(C(=O)NCCn3ccnc3)C3CC3)nn2)c1. The van der Waals surface area contributed by atoms with Crippen molar-refractivity contribution in [2.75, 3.05) is 6.54 Å². The third-order valence-corrected chi connectivity index (χ3v) is 4.96. The van der Waals surface area contributed by atoms with Gasteiger partial charge >= 0.3 is 5.97 Å². The van der Waals surface area contributed by atoms with E-state index < -0.39 is 5.97 Å². The molecule has 29 heavy (non-hydrogen) atoms. The Morgan fingerprint density at radius 3 is 2.86 bits per heavy atom. The molecule has 1 unspecified atom stereocenters. The minimum Gasteiger partial charge on any atom is -0.478 e. The first kappa shape index (κ1) is 18.8. The number of carbonyl (C=O) groups is 2. The second-order valence-electron chi connectivity index (χ2n) is 7.13. The smallest absolute Gasteiger partial charge is 0.337 e. The van der Waals surface area contributed by atoms with Crippen LogP contribution in [0.1, 0.15) is 28.9 Å². The number of rotatable bonds is 9. The van der Waals surface area contributed by atoms with E-state index in [9.17, 15) is 9.59 Å². The van der Waals surface area contributed by atoms with Gasteiger partial charge in [-0.15, -0.1) is 5.10 Å². The van der Waals surface area contributed by atoms with E-state index in [-0.39, 0.29) is 17.4 Å². The van der Waals surface area contributed by atoms with E-state index in [2.05, 4.69) is 25.6 Å². The molecule has 1 fully saturated rings. The lowest BCUT2D eigenvalue weighted by Gasteiger charge is -2.15. The lowest BCUT2D eigenvalue weighted by molar-refractivity contribution is -0.125. The summed E-state index contributed by atoms with van der Waals surface area (Å²) in [6.07, 6.45) is 12.4. The Hall–Kier alpha value is -3.56. The second kappa shape index (κ2) is 8.21. The summed E-state index contributed by atoms with van der Waals surface area (Å²) in [4.78, 5) is 31.7. The van der Waals surface area contributed by atoms with Crippen LogP contribution in [0, 0.1) is 11.8 Å². The lowest BCUT2D eigenvalue weighted by Crippen LogP contribution is -2.35. The topological polar surface area (TPSA) is 128 Å². The van der Waals surface area contributed by atoms with E-state index in [4.69, 9.17) is 5.11 Å². The maximum absolute atomic E-state index is 12.7. The molecule has 0 aromatic carbocycles. The molecular formula is C19H21N7O3. The van der Waals surface area contributed by atoms with Crippen LogP contribution in [0.5, 0.6) is 0 Å². The van der Waals surface area contributed by atoms with Crippen LogP contribution in [0.25, 0.3) is 5.69 Å². The standard InChI is InChI=1S/C19H21N7O3/c27-18(22-4-6-25-5-3-20-12-25)17(13-1-2-13)8-15-11-26(24-23-15)16-7-14(19(28)29)9-21-10-16/h3,5,7,9-13,17H,1-2,4,6,8H2,(H,22,27)(H,28,29). The van der Waals surface area contributed by atoms with Gasteiger partial charge in [-0.05, 0) is 24.8 Å². The van der Waals surface area contributed by atoms with E-state index in [1.54, 1.807) is 18.7 Å². The second-order valence-corrected chi connectivity index (χ2v) is 7.13. The fraction of sp³-hybridized carbons (Fsp3) is 0.368. The lowest BCUT2D eigenvalue weighted by atomic mass is 9.97. The fourth-order valence-electron chi connectivity index (χ4n) is 3.24. The number of hydrogen-bond donors (Lipinski definition) is 2. The maximum atomic E-state index is 12.7. The number of aromatic carboxylic acids is 1. The summed E-state index contributed by atoms with van der Waals surface area (Å²) < 4.78 is 3.40. The van der Waals surface area contributed by atoms with Gasteiger partial charge in [0.2, 0.25) is 5.91 Å². The molecule has 2 N–H and O–H groups in total. The van der Waals surface area contributed by atoms with Crippen LogP contribution in [0.15, 0.2) is 43.4 Å². The molecule has 1 aliphatic rings. The van der Waals surface area contributed by atoms with Crippen molar-refractivity contribution in [2.24, 2.45) is 11.8 Å². The van der Waals surface area contributed by atoms with Gasteiger partial charge in [0.15, 0.2) is 0 Å². The van der Waals surface area contributed by atoms with Crippen molar-refractivity contribution in [3.8, 4) is 5.69 Å². The van der Waals surface area contributed by atoms with Crippen LogP contribution < -0.4 is 5.32 Å². The van der Waals surface area contributed by atoms with Gasteiger partial charge in [-0.3, -0.25) is 9.78 Å².